The molecule has 0 amide bonds. The third-order valence-electron chi connectivity index (χ3n) is 1.33. The van der Waals surface area contributed by atoms with Gasteiger partial charge in [0.05, 0.1) is 15.6 Å². The molecule has 3 N–H and O–H groups in total. The summed E-state index contributed by atoms with van der Waals surface area (Å²) in [7, 11) is 1.80. The molecular formula is C7H10N2OS. The summed E-state index contributed by atoms with van der Waals surface area (Å²) in [4.78, 5) is 11.5. The lowest BCUT2D eigenvalue weighted by Gasteiger charge is -1.88. The molecular weight excluding hydrogens is 160 g/mol. The molecule has 0 unspecified atom stereocenters. The molecule has 0 fully saturated rings. The monoisotopic (exact) mass is 170 g/mol. The largest absolute Gasteiger partial charge is 0.397 e. The molecule has 0 aliphatic carbocycles. The van der Waals surface area contributed by atoms with Crippen molar-refractivity contribution < 1.29 is 4.79 Å². The number of nitrogens with two attached hydrogens (primary N) is 1. The van der Waals surface area contributed by atoms with Crippen LogP contribution < -0.4 is 11.1 Å². The summed E-state index contributed by atoms with van der Waals surface area (Å²) in [6.45, 7) is 1.52. The van der Waals surface area contributed by atoms with Crippen molar-refractivity contribution in [1.29, 1.82) is 0 Å². The van der Waals surface area contributed by atoms with Gasteiger partial charge < -0.3 is 11.1 Å². The molecule has 0 bridgehead atoms. The lowest BCUT2D eigenvalue weighted by molar-refractivity contribution is 0.102. The highest BCUT2D eigenvalue weighted by atomic mass is 32.1. The Balaban J connectivity index is 3.07. The number of ketones is 1. The second kappa shape index (κ2) is 2.92. The number of carbonyl (C=O) groups is 1. The maximum Gasteiger partial charge on any atom is 0.171 e. The molecule has 4 heteroatoms. The Bertz CT molecular complexity index is 280. The number of hydrogen-bond acceptors (Lipinski definition) is 4. The van der Waals surface area contributed by atoms with Crippen molar-refractivity contribution in [2.75, 3.05) is 18.1 Å². The van der Waals surface area contributed by atoms with Crippen LogP contribution in [0.5, 0.6) is 0 Å². The van der Waals surface area contributed by atoms with Crippen molar-refractivity contribution in [3.05, 3.63) is 10.9 Å². The van der Waals surface area contributed by atoms with Crippen molar-refractivity contribution in [2.24, 2.45) is 0 Å². The Morgan fingerprint density at radius 2 is 2.36 bits per heavy atom. The van der Waals surface area contributed by atoms with E-state index >= 15 is 0 Å². The molecule has 0 spiro atoms. The van der Waals surface area contributed by atoms with Crippen LogP contribution in [0.4, 0.5) is 10.7 Å². The van der Waals surface area contributed by atoms with Crippen molar-refractivity contribution in [2.45, 2.75) is 6.92 Å². The topological polar surface area (TPSA) is 55.1 Å². The second-order valence-electron chi connectivity index (χ2n) is 2.20. The van der Waals surface area contributed by atoms with Crippen molar-refractivity contribution in [3.63, 3.8) is 0 Å². The number of hydrogen-bond donors (Lipinski definition) is 2. The number of thiophene rings is 1. The average Bonchev–Trinajstić information content (AvgIpc) is 2.30. The number of nitrogens with one attached hydrogen (secondary N) is 1. The Morgan fingerprint density at radius 1 is 1.73 bits per heavy atom. The van der Waals surface area contributed by atoms with Crippen LogP contribution in [0.25, 0.3) is 0 Å². The normalized spacial score (nSPS) is 9.64. The summed E-state index contributed by atoms with van der Waals surface area (Å²) in [6.07, 6.45) is 0. The van der Waals surface area contributed by atoms with E-state index in [9.17, 15) is 4.79 Å². The fourth-order valence-electron chi connectivity index (χ4n) is 0.803. The molecule has 3 nitrogen and oxygen atoms in total. The van der Waals surface area contributed by atoms with Crippen molar-refractivity contribution in [3.8, 4) is 0 Å². The fourth-order valence-corrected chi connectivity index (χ4v) is 1.63. The molecule has 11 heavy (non-hydrogen) atoms. The predicted octanol–water partition coefficient (Wildman–Crippen LogP) is 1.57. The Labute approximate surface area is 69.2 Å². The number of rotatable bonds is 2. The first-order chi connectivity index (χ1) is 5.15. The zero-order valence-electron chi connectivity index (χ0n) is 6.47. The average molecular weight is 170 g/mol. The van der Waals surface area contributed by atoms with Crippen LogP contribution >= 0.6 is 11.3 Å². The number of nitrogen functional groups attached to an aromatic ring is 1. The minimum absolute atomic E-state index is 0.0222. The molecule has 0 radical (unpaired) electrons. The summed E-state index contributed by atoms with van der Waals surface area (Å²) >= 11 is 1.38. The van der Waals surface area contributed by atoms with Gasteiger partial charge in [0.2, 0.25) is 0 Å². The van der Waals surface area contributed by atoms with Crippen LogP contribution in [0, 0.1) is 0 Å². The first-order valence-electron chi connectivity index (χ1n) is 3.23. The molecule has 0 aliphatic heterocycles. The first-order valence-corrected chi connectivity index (χ1v) is 4.04. The molecule has 0 aliphatic rings. The van der Waals surface area contributed by atoms with Crippen LogP contribution in [0.1, 0.15) is 16.6 Å². The number of carbonyl (C=O) groups excluding carboxylic acids is 1. The van der Waals surface area contributed by atoms with Crippen molar-refractivity contribution >= 4 is 27.8 Å². The zero-order valence-corrected chi connectivity index (χ0v) is 7.29. The highest BCUT2D eigenvalue weighted by Crippen LogP contribution is 2.28. The summed E-state index contributed by atoms with van der Waals surface area (Å²) in [5, 5.41) is 3.85. The van der Waals surface area contributed by atoms with E-state index in [2.05, 4.69) is 5.32 Å². The summed E-state index contributed by atoms with van der Waals surface area (Å²) in [5.41, 5.74) is 6.13. The smallest absolute Gasteiger partial charge is 0.171 e. The summed E-state index contributed by atoms with van der Waals surface area (Å²) in [6, 6.07) is 1.77. The molecule has 60 valence electrons. The van der Waals surface area contributed by atoms with Gasteiger partial charge in [0, 0.05) is 14.0 Å². The molecule has 0 saturated carbocycles. The molecule has 0 aromatic carbocycles. The van der Waals surface area contributed by atoms with Gasteiger partial charge in [-0.05, 0) is 6.07 Å². The van der Waals surface area contributed by atoms with Crippen molar-refractivity contribution in [1.82, 2.24) is 0 Å². The van der Waals surface area contributed by atoms with E-state index < -0.39 is 0 Å². The van der Waals surface area contributed by atoms with E-state index in [1.54, 1.807) is 13.1 Å². The molecule has 1 aromatic heterocycles. The maximum atomic E-state index is 10.9. The highest BCUT2D eigenvalue weighted by Gasteiger charge is 2.08. The van der Waals surface area contributed by atoms with Crippen LogP contribution in [0.15, 0.2) is 6.07 Å². The van der Waals surface area contributed by atoms with E-state index in [-0.39, 0.29) is 5.78 Å². The number of anilines is 2. The van der Waals surface area contributed by atoms with E-state index in [1.165, 1.54) is 18.3 Å². The fraction of sp³-hybridized carbons (Fsp3) is 0.286. The molecule has 0 saturated heterocycles. The van der Waals surface area contributed by atoms with E-state index in [1.807, 2.05) is 0 Å². The van der Waals surface area contributed by atoms with Gasteiger partial charge in [0.1, 0.15) is 0 Å². The lowest BCUT2D eigenvalue weighted by Crippen LogP contribution is -1.92. The van der Waals surface area contributed by atoms with Gasteiger partial charge in [-0.2, -0.15) is 0 Å². The Morgan fingerprint density at radius 3 is 2.64 bits per heavy atom. The van der Waals surface area contributed by atoms with E-state index in [4.69, 9.17) is 5.73 Å². The van der Waals surface area contributed by atoms with Crippen LogP contribution in [-0.4, -0.2) is 12.8 Å². The highest BCUT2D eigenvalue weighted by molar-refractivity contribution is 7.18. The van der Waals surface area contributed by atoms with Gasteiger partial charge >= 0.3 is 0 Å². The second-order valence-corrected chi connectivity index (χ2v) is 3.25. The minimum atomic E-state index is 0.0222. The third-order valence-corrected chi connectivity index (χ3v) is 2.60. The SMILES string of the molecule is CNc1cc(N)c(C(C)=O)s1. The lowest BCUT2D eigenvalue weighted by atomic mass is 10.3. The molecule has 0 atom stereocenters. The van der Waals surface area contributed by atoms with Gasteiger partial charge in [-0.3, -0.25) is 4.79 Å². The molecule has 1 aromatic rings. The van der Waals surface area contributed by atoms with Gasteiger partial charge in [-0.25, -0.2) is 0 Å². The zero-order chi connectivity index (χ0) is 8.43. The molecule has 1 rings (SSSR count). The Kier molecular flexibility index (Phi) is 2.14. The molecule has 1 heterocycles. The predicted molar refractivity (Wildman–Crippen MR) is 48.3 cm³/mol. The van der Waals surface area contributed by atoms with Crippen LogP contribution in [-0.2, 0) is 0 Å². The van der Waals surface area contributed by atoms with Gasteiger partial charge in [-0.15, -0.1) is 11.3 Å². The first kappa shape index (κ1) is 8.07. The standard InChI is InChI=1S/C7H10N2OS/c1-4(10)7-5(8)3-6(9-2)11-7/h3,9H,8H2,1-2H3. The van der Waals surface area contributed by atoms with E-state index in [0.29, 0.717) is 10.6 Å². The van der Waals surface area contributed by atoms with Gasteiger partial charge in [0.15, 0.2) is 5.78 Å². The number of Topliss-reactive ketones (excluding diaryl/α,β-unsaturated/α-hetero) is 1. The van der Waals surface area contributed by atoms with Gasteiger partial charge in [-0.1, -0.05) is 0 Å². The summed E-state index contributed by atoms with van der Waals surface area (Å²) in [5.74, 6) is 0.0222. The van der Waals surface area contributed by atoms with E-state index in [0.717, 1.165) is 5.00 Å². The third kappa shape index (κ3) is 1.51. The Hall–Kier alpha value is -1.03. The van der Waals surface area contributed by atoms with Crippen LogP contribution in [0.2, 0.25) is 0 Å². The maximum absolute atomic E-state index is 10.9. The quantitative estimate of drug-likeness (QED) is 0.662. The van der Waals surface area contributed by atoms with Gasteiger partial charge in [0.25, 0.3) is 0 Å². The minimum Gasteiger partial charge on any atom is -0.397 e. The van der Waals surface area contributed by atoms with Crippen LogP contribution in [0.3, 0.4) is 0 Å². The summed E-state index contributed by atoms with van der Waals surface area (Å²) < 4.78 is 0.